The highest BCUT2D eigenvalue weighted by molar-refractivity contribution is 5.96. The third-order valence-corrected chi connectivity index (χ3v) is 3.13. The molecule has 1 rings (SSSR count). The SMILES string of the molecule is CCOC(=O)c1cc(NC(COC)C(C)C)c(F)cc1N. The van der Waals surface area contributed by atoms with Gasteiger partial charge in [0, 0.05) is 12.8 Å². The van der Waals surface area contributed by atoms with E-state index in [2.05, 4.69) is 5.32 Å². The van der Waals surface area contributed by atoms with Crippen molar-refractivity contribution in [3.8, 4) is 0 Å². The zero-order valence-corrected chi connectivity index (χ0v) is 12.9. The molecule has 1 unspecified atom stereocenters. The molecule has 0 saturated carbocycles. The van der Waals surface area contributed by atoms with E-state index in [4.69, 9.17) is 15.2 Å². The number of benzene rings is 1. The second-order valence-corrected chi connectivity index (χ2v) is 5.09. The second kappa shape index (κ2) is 7.83. The van der Waals surface area contributed by atoms with Crippen LogP contribution < -0.4 is 11.1 Å². The summed E-state index contributed by atoms with van der Waals surface area (Å²) in [6.07, 6.45) is 0. The lowest BCUT2D eigenvalue weighted by molar-refractivity contribution is 0.0527. The maximum Gasteiger partial charge on any atom is 0.340 e. The number of halogens is 1. The van der Waals surface area contributed by atoms with Crippen LogP contribution >= 0.6 is 0 Å². The second-order valence-electron chi connectivity index (χ2n) is 5.09. The molecule has 0 radical (unpaired) electrons. The van der Waals surface area contributed by atoms with Crippen LogP contribution in [0, 0.1) is 11.7 Å². The van der Waals surface area contributed by atoms with E-state index >= 15 is 0 Å². The summed E-state index contributed by atoms with van der Waals surface area (Å²) in [6, 6.07) is 2.43. The summed E-state index contributed by atoms with van der Waals surface area (Å²) in [6.45, 7) is 6.35. The quantitative estimate of drug-likeness (QED) is 0.598. The summed E-state index contributed by atoms with van der Waals surface area (Å²) in [7, 11) is 1.58. The van der Waals surface area contributed by atoms with Crippen molar-refractivity contribution in [2.24, 2.45) is 5.92 Å². The smallest absolute Gasteiger partial charge is 0.340 e. The molecule has 118 valence electrons. The van der Waals surface area contributed by atoms with Crippen molar-refractivity contribution in [2.75, 3.05) is 31.4 Å². The lowest BCUT2D eigenvalue weighted by Crippen LogP contribution is -2.31. The normalized spacial score (nSPS) is 12.3. The minimum Gasteiger partial charge on any atom is -0.462 e. The van der Waals surface area contributed by atoms with Gasteiger partial charge in [-0.1, -0.05) is 13.8 Å². The third-order valence-electron chi connectivity index (χ3n) is 3.13. The van der Waals surface area contributed by atoms with Gasteiger partial charge in [-0.3, -0.25) is 0 Å². The fourth-order valence-electron chi connectivity index (χ4n) is 1.86. The van der Waals surface area contributed by atoms with Crippen molar-refractivity contribution in [3.05, 3.63) is 23.5 Å². The largest absolute Gasteiger partial charge is 0.462 e. The van der Waals surface area contributed by atoms with Gasteiger partial charge in [0.05, 0.1) is 30.5 Å². The predicted molar refractivity (Wildman–Crippen MR) is 80.9 cm³/mol. The van der Waals surface area contributed by atoms with Crippen LogP contribution in [0.1, 0.15) is 31.1 Å². The van der Waals surface area contributed by atoms with Gasteiger partial charge in [-0.2, -0.15) is 0 Å². The first-order valence-electron chi connectivity index (χ1n) is 6.92. The monoisotopic (exact) mass is 298 g/mol. The molecule has 0 bridgehead atoms. The molecule has 0 aliphatic heterocycles. The fraction of sp³-hybridized carbons (Fsp3) is 0.533. The number of ether oxygens (including phenoxy) is 2. The maximum absolute atomic E-state index is 14.0. The third kappa shape index (κ3) is 4.60. The molecule has 0 fully saturated rings. The molecule has 0 heterocycles. The number of nitrogen functional groups attached to an aromatic ring is 1. The van der Waals surface area contributed by atoms with Gasteiger partial charge >= 0.3 is 5.97 Å². The Morgan fingerprint density at radius 2 is 2.10 bits per heavy atom. The molecule has 0 amide bonds. The van der Waals surface area contributed by atoms with Crippen molar-refractivity contribution in [2.45, 2.75) is 26.8 Å². The predicted octanol–water partition coefficient (Wildman–Crippen LogP) is 2.67. The van der Waals surface area contributed by atoms with E-state index < -0.39 is 11.8 Å². The average molecular weight is 298 g/mol. The topological polar surface area (TPSA) is 73.6 Å². The first kappa shape index (κ1) is 17.2. The summed E-state index contributed by atoms with van der Waals surface area (Å²) in [5, 5.41) is 3.05. The van der Waals surface area contributed by atoms with Crippen molar-refractivity contribution in [1.82, 2.24) is 0 Å². The van der Waals surface area contributed by atoms with Gasteiger partial charge in [0.1, 0.15) is 5.82 Å². The zero-order chi connectivity index (χ0) is 16.0. The first-order valence-corrected chi connectivity index (χ1v) is 6.92. The highest BCUT2D eigenvalue weighted by Crippen LogP contribution is 2.24. The maximum atomic E-state index is 14.0. The molecule has 3 N–H and O–H groups in total. The van der Waals surface area contributed by atoms with Gasteiger partial charge in [0.2, 0.25) is 0 Å². The molecule has 1 aromatic carbocycles. The molecule has 0 saturated heterocycles. The van der Waals surface area contributed by atoms with E-state index in [9.17, 15) is 9.18 Å². The lowest BCUT2D eigenvalue weighted by atomic mass is 10.0. The molecule has 0 aromatic heterocycles. The summed E-state index contributed by atoms with van der Waals surface area (Å²) >= 11 is 0. The number of nitrogens with two attached hydrogens (primary N) is 1. The number of esters is 1. The van der Waals surface area contributed by atoms with Crippen LogP contribution in [0.3, 0.4) is 0 Å². The van der Waals surface area contributed by atoms with Crippen LogP contribution in [0.5, 0.6) is 0 Å². The van der Waals surface area contributed by atoms with Crippen molar-refractivity contribution in [1.29, 1.82) is 0 Å². The van der Waals surface area contributed by atoms with Crippen LogP contribution in [0.15, 0.2) is 12.1 Å². The molecule has 0 aliphatic carbocycles. The van der Waals surface area contributed by atoms with Crippen LogP contribution in [0.4, 0.5) is 15.8 Å². The summed E-state index contributed by atoms with van der Waals surface area (Å²) in [5.41, 5.74) is 6.10. The minimum atomic E-state index is -0.564. The van der Waals surface area contributed by atoms with Crippen molar-refractivity contribution < 1.29 is 18.7 Å². The van der Waals surface area contributed by atoms with E-state index in [1.165, 1.54) is 6.07 Å². The van der Waals surface area contributed by atoms with Crippen molar-refractivity contribution in [3.63, 3.8) is 0 Å². The number of carbonyl (C=O) groups is 1. The highest BCUT2D eigenvalue weighted by atomic mass is 19.1. The number of carbonyl (C=O) groups excluding carboxylic acids is 1. The van der Waals surface area contributed by atoms with Gasteiger partial charge in [0.25, 0.3) is 0 Å². The Hall–Kier alpha value is -1.82. The van der Waals surface area contributed by atoms with Crippen LogP contribution in [-0.2, 0) is 9.47 Å². The number of anilines is 2. The van der Waals surface area contributed by atoms with Crippen LogP contribution in [-0.4, -0.2) is 32.3 Å². The first-order chi connectivity index (χ1) is 9.90. The molecule has 5 nitrogen and oxygen atoms in total. The number of nitrogens with one attached hydrogen (secondary N) is 1. The zero-order valence-electron chi connectivity index (χ0n) is 12.9. The molecular formula is C15H23FN2O3. The Kier molecular flexibility index (Phi) is 6.42. The van der Waals surface area contributed by atoms with Gasteiger partial charge in [-0.15, -0.1) is 0 Å². The van der Waals surface area contributed by atoms with E-state index in [0.717, 1.165) is 6.07 Å². The summed E-state index contributed by atoms with van der Waals surface area (Å²) < 4.78 is 24.0. The summed E-state index contributed by atoms with van der Waals surface area (Å²) in [4.78, 5) is 11.8. The number of methoxy groups -OCH3 is 1. The Labute approximate surface area is 124 Å². The Balaban J connectivity index is 3.06. The molecule has 1 atom stereocenters. The molecule has 21 heavy (non-hydrogen) atoms. The minimum absolute atomic E-state index is 0.0596. The standard InChI is InChI=1S/C15H23FN2O3/c1-5-21-15(19)10-6-13(11(16)7-12(10)17)18-14(8-20-4)9(2)3/h6-7,9,14,18H,5,8,17H2,1-4H3. The Morgan fingerprint density at radius 1 is 1.43 bits per heavy atom. The Bertz CT molecular complexity index is 492. The highest BCUT2D eigenvalue weighted by Gasteiger charge is 2.19. The average Bonchev–Trinajstić information content (AvgIpc) is 2.40. The Morgan fingerprint density at radius 3 is 2.62 bits per heavy atom. The van der Waals surface area contributed by atoms with E-state index in [-0.39, 0.29) is 35.5 Å². The van der Waals surface area contributed by atoms with Gasteiger partial charge in [-0.25, -0.2) is 9.18 Å². The molecule has 0 aliphatic rings. The molecule has 6 heteroatoms. The van der Waals surface area contributed by atoms with Gasteiger partial charge in [-0.05, 0) is 25.0 Å². The number of rotatable bonds is 7. The van der Waals surface area contributed by atoms with Crippen LogP contribution in [0.25, 0.3) is 0 Å². The summed E-state index contributed by atoms with van der Waals surface area (Å²) in [5.74, 6) is -0.846. The lowest BCUT2D eigenvalue weighted by Gasteiger charge is -2.23. The van der Waals surface area contributed by atoms with E-state index in [1.54, 1.807) is 14.0 Å². The molecule has 0 spiro atoms. The van der Waals surface area contributed by atoms with Gasteiger partial charge < -0.3 is 20.5 Å². The fourth-order valence-corrected chi connectivity index (χ4v) is 1.86. The van der Waals surface area contributed by atoms with Crippen LogP contribution in [0.2, 0.25) is 0 Å². The van der Waals surface area contributed by atoms with Gasteiger partial charge in [0.15, 0.2) is 0 Å². The van der Waals surface area contributed by atoms with E-state index in [0.29, 0.717) is 6.61 Å². The number of hydrogen-bond donors (Lipinski definition) is 2. The molecular weight excluding hydrogens is 275 g/mol. The van der Waals surface area contributed by atoms with Crippen molar-refractivity contribution >= 4 is 17.3 Å². The van der Waals surface area contributed by atoms with E-state index in [1.807, 2.05) is 13.8 Å². The molecule has 1 aromatic rings. The number of hydrogen-bond acceptors (Lipinski definition) is 5.